The molecule has 0 amide bonds. The second kappa shape index (κ2) is 8.96. The van der Waals surface area contributed by atoms with Crippen LogP contribution in [-0.2, 0) is 14.9 Å². The maximum atomic E-state index is 10.5. The number of benzene rings is 1. The molecule has 0 aliphatic rings. The van der Waals surface area contributed by atoms with E-state index in [-0.39, 0.29) is 4.90 Å². The molecule has 4 N–H and O–H groups in total. The van der Waals surface area contributed by atoms with Gasteiger partial charge >= 0.3 is 5.97 Å². The number of carbonyl (C=O) groups is 1. The van der Waals surface area contributed by atoms with Crippen LogP contribution in [0.5, 0.6) is 0 Å². The molecule has 0 fully saturated rings. The van der Waals surface area contributed by atoms with E-state index in [1.807, 2.05) is 13.2 Å². The summed E-state index contributed by atoms with van der Waals surface area (Å²) < 4.78 is 29.6. The van der Waals surface area contributed by atoms with Gasteiger partial charge in [-0.25, -0.2) is 0 Å². The normalized spacial score (nSPS) is 12.2. The molecule has 0 heterocycles. The number of carboxylic acid groups (broad SMARTS) is 1. The van der Waals surface area contributed by atoms with E-state index in [0.29, 0.717) is 6.42 Å². The highest BCUT2D eigenvalue weighted by Crippen LogP contribution is 2.08. The first-order valence-corrected chi connectivity index (χ1v) is 8.53. The Morgan fingerprint density at radius 2 is 1.85 bits per heavy atom. The van der Waals surface area contributed by atoms with Gasteiger partial charge in [-0.05, 0) is 37.5 Å². The van der Waals surface area contributed by atoms with Crippen LogP contribution in [0.3, 0.4) is 0 Å². The minimum atomic E-state index is -4.02. The molecule has 0 saturated carbocycles. The van der Waals surface area contributed by atoms with Gasteiger partial charge in [0.25, 0.3) is 10.1 Å². The fourth-order valence-electron chi connectivity index (χ4n) is 1.08. The Balaban J connectivity index is 0.000000370. The lowest BCUT2D eigenvalue weighted by Crippen LogP contribution is -2.30. The molecule has 0 unspecified atom stereocenters. The van der Waals surface area contributed by atoms with Crippen LogP contribution in [0.1, 0.15) is 12.0 Å². The quantitative estimate of drug-likeness (QED) is 0.701. The smallest absolute Gasteiger partial charge is 0.320 e. The molecule has 1 aromatic rings. The second-order valence-electron chi connectivity index (χ2n) is 4.01. The molecule has 0 aliphatic carbocycles. The SMILES string of the molecule is CSCC[C@H](N)C(=O)O.Cc1ccc(S(=O)(=O)O)cc1. The predicted octanol–water partition coefficient (Wildman–Crippen LogP) is 1.39. The lowest BCUT2D eigenvalue weighted by atomic mass is 10.2. The average molecular weight is 321 g/mol. The summed E-state index contributed by atoms with van der Waals surface area (Å²) in [5, 5.41) is 8.27. The van der Waals surface area contributed by atoms with Crippen molar-refractivity contribution < 1.29 is 22.9 Å². The number of aryl methyl sites for hydroxylation is 1. The Labute approximate surface area is 123 Å². The number of rotatable bonds is 5. The van der Waals surface area contributed by atoms with Crippen LogP contribution in [0.4, 0.5) is 0 Å². The van der Waals surface area contributed by atoms with Gasteiger partial charge in [-0.3, -0.25) is 9.35 Å². The molecule has 1 aromatic carbocycles. The van der Waals surface area contributed by atoms with E-state index in [0.717, 1.165) is 11.3 Å². The number of aliphatic carboxylic acids is 1. The van der Waals surface area contributed by atoms with E-state index in [9.17, 15) is 13.2 Å². The number of carboxylic acids is 1. The molecule has 0 saturated heterocycles. The molecule has 1 atom stereocenters. The van der Waals surface area contributed by atoms with Crippen molar-refractivity contribution in [2.24, 2.45) is 5.73 Å². The summed E-state index contributed by atoms with van der Waals surface area (Å²) in [6.07, 6.45) is 2.48. The van der Waals surface area contributed by atoms with Crippen molar-refractivity contribution in [1.29, 1.82) is 0 Å². The van der Waals surface area contributed by atoms with Gasteiger partial charge in [0, 0.05) is 0 Å². The van der Waals surface area contributed by atoms with E-state index < -0.39 is 22.1 Å². The number of hydrogen-bond acceptors (Lipinski definition) is 5. The summed E-state index contributed by atoms with van der Waals surface area (Å²) in [5.74, 6) is -0.1000. The van der Waals surface area contributed by atoms with Crippen LogP contribution in [0.2, 0.25) is 0 Å². The van der Waals surface area contributed by atoms with Gasteiger partial charge < -0.3 is 10.8 Å². The topological polar surface area (TPSA) is 118 Å². The first-order valence-electron chi connectivity index (χ1n) is 5.70. The van der Waals surface area contributed by atoms with Crippen molar-refractivity contribution in [1.82, 2.24) is 0 Å². The maximum Gasteiger partial charge on any atom is 0.320 e. The number of nitrogens with two attached hydrogens (primary N) is 1. The average Bonchev–Trinajstić information content (AvgIpc) is 2.36. The maximum absolute atomic E-state index is 10.5. The molecule has 8 heteroatoms. The zero-order chi connectivity index (χ0) is 15.8. The highest BCUT2D eigenvalue weighted by atomic mass is 32.2. The van der Waals surface area contributed by atoms with Crippen LogP contribution in [0.15, 0.2) is 29.2 Å². The minimum absolute atomic E-state index is 0.0666. The van der Waals surface area contributed by atoms with Crippen LogP contribution in [0, 0.1) is 6.92 Å². The van der Waals surface area contributed by atoms with E-state index in [1.165, 1.54) is 12.1 Å². The summed E-state index contributed by atoms with van der Waals surface area (Å²) in [6, 6.07) is 5.30. The lowest BCUT2D eigenvalue weighted by Gasteiger charge is -2.02. The Kier molecular flexibility index (Phi) is 8.47. The monoisotopic (exact) mass is 321 g/mol. The van der Waals surface area contributed by atoms with Crippen molar-refractivity contribution in [2.45, 2.75) is 24.3 Å². The molecule has 6 nitrogen and oxygen atoms in total. The molecular weight excluding hydrogens is 302 g/mol. The Morgan fingerprint density at radius 3 is 2.20 bits per heavy atom. The second-order valence-corrected chi connectivity index (χ2v) is 6.42. The summed E-state index contributed by atoms with van der Waals surface area (Å²) in [7, 11) is -4.02. The minimum Gasteiger partial charge on any atom is -0.480 e. The van der Waals surface area contributed by atoms with Gasteiger partial charge in [-0.1, -0.05) is 17.7 Å². The van der Waals surface area contributed by atoms with Gasteiger partial charge in [-0.2, -0.15) is 20.2 Å². The molecule has 0 aromatic heterocycles. The van der Waals surface area contributed by atoms with Crippen molar-refractivity contribution in [3.63, 3.8) is 0 Å². The summed E-state index contributed by atoms with van der Waals surface area (Å²) in [5.41, 5.74) is 6.15. The van der Waals surface area contributed by atoms with Gasteiger partial charge in [0.05, 0.1) is 4.90 Å². The molecule has 0 radical (unpaired) electrons. The van der Waals surface area contributed by atoms with Gasteiger partial charge in [0.2, 0.25) is 0 Å². The van der Waals surface area contributed by atoms with Crippen LogP contribution in [-0.4, -0.2) is 42.1 Å². The summed E-state index contributed by atoms with van der Waals surface area (Å²) >= 11 is 1.60. The van der Waals surface area contributed by atoms with Gasteiger partial charge in [-0.15, -0.1) is 0 Å². The van der Waals surface area contributed by atoms with Gasteiger partial charge in [0.1, 0.15) is 6.04 Å². The Morgan fingerprint density at radius 1 is 1.35 bits per heavy atom. The van der Waals surface area contributed by atoms with Crippen molar-refractivity contribution in [3.8, 4) is 0 Å². The highest BCUT2D eigenvalue weighted by Gasteiger charge is 2.09. The largest absolute Gasteiger partial charge is 0.480 e. The molecule has 0 bridgehead atoms. The fourth-order valence-corrected chi connectivity index (χ4v) is 2.05. The third-order valence-electron chi connectivity index (χ3n) is 2.27. The van der Waals surface area contributed by atoms with Crippen LogP contribution < -0.4 is 5.73 Å². The molecular formula is C12H19NO5S2. The molecule has 20 heavy (non-hydrogen) atoms. The van der Waals surface area contributed by atoms with Crippen molar-refractivity contribution in [3.05, 3.63) is 29.8 Å². The zero-order valence-electron chi connectivity index (χ0n) is 11.3. The molecule has 1 rings (SSSR count). The van der Waals surface area contributed by atoms with E-state index in [4.69, 9.17) is 15.4 Å². The summed E-state index contributed by atoms with van der Waals surface area (Å²) in [6.45, 7) is 1.84. The van der Waals surface area contributed by atoms with E-state index in [2.05, 4.69) is 0 Å². The standard InChI is InChI=1S/C7H8O3S.C5H11NO2S/c1-6-2-4-7(5-3-6)11(8,9)10;1-9-3-2-4(6)5(7)8/h2-5H,1H3,(H,8,9,10);4H,2-3,6H2,1H3,(H,7,8)/t;4-/m.0/s1. The third-order valence-corrected chi connectivity index (χ3v) is 3.78. The van der Waals surface area contributed by atoms with E-state index in [1.54, 1.807) is 23.9 Å². The van der Waals surface area contributed by atoms with Crippen molar-refractivity contribution >= 4 is 27.8 Å². The van der Waals surface area contributed by atoms with Gasteiger partial charge in [0.15, 0.2) is 0 Å². The fraction of sp³-hybridized carbons (Fsp3) is 0.417. The number of hydrogen-bond donors (Lipinski definition) is 3. The highest BCUT2D eigenvalue weighted by molar-refractivity contribution is 7.98. The summed E-state index contributed by atoms with van der Waals surface area (Å²) in [4.78, 5) is 10.0. The third kappa shape index (κ3) is 8.16. The first-order chi connectivity index (χ1) is 9.18. The lowest BCUT2D eigenvalue weighted by molar-refractivity contribution is -0.138. The Hall–Kier alpha value is -1.09. The molecule has 0 aliphatic heterocycles. The molecule has 114 valence electrons. The molecule has 0 spiro atoms. The zero-order valence-corrected chi connectivity index (χ0v) is 12.9. The van der Waals surface area contributed by atoms with E-state index >= 15 is 0 Å². The Bertz CT molecular complexity index is 513. The number of thioether (sulfide) groups is 1. The van der Waals surface area contributed by atoms with Crippen LogP contribution in [0.25, 0.3) is 0 Å². The first kappa shape index (κ1) is 18.9. The predicted molar refractivity (Wildman–Crippen MR) is 79.6 cm³/mol. The van der Waals surface area contributed by atoms with Crippen molar-refractivity contribution in [2.75, 3.05) is 12.0 Å². The van der Waals surface area contributed by atoms with Crippen LogP contribution >= 0.6 is 11.8 Å².